The molecule has 0 atom stereocenters. The van der Waals surface area contributed by atoms with E-state index in [1.165, 1.54) is 16.5 Å². The SMILES string of the molecule is Cc1ccc2[nH]c(-c3ccc4ccccc4n3)c(CCCC(=O)Nc3cccc4ccccc34)c2c1. The minimum absolute atomic E-state index is 0.0350. The Balaban J connectivity index is 1.26. The molecule has 0 bridgehead atoms. The molecule has 0 radical (unpaired) electrons. The molecule has 4 heteroatoms. The Morgan fingerprint density at radius 1 is 0.833 bits per heavy atom. The van der Waals surface area contributed by atoms with Crippen molar-refractivity contribution >= 4 is 44.2 Å². The standard InChI is InChI=1S/C32H27N3O/c1-21-16-18-29-26(20-21)25(32(35-29)30-19-17-23-9-3-5-13-27(23)33-30)12-7-15-31(36)34-28-14-6-10-22-8-2-4-11-24(22)28/h2-6,8-11,13-14,16-20,35H,7,12,15H2,1H3,(H,34,36). The quantitative estimate of drug-likeness (QED) is 0.261. The van der Waals surface area contributed by atoms with Gasteiger partial charge in [-0.05, 0) is 61.0 Å². The summed E-state index contributed by atoms with van der Waals surface area (Å²) in [6.45, 7) is 2.11. The van der Waals surface area contributed by atoms with Crippen molar-refractivity contribution in [1.29, 1.82) is 0 Å². The van der Waals surface area contributed by atoms with Crippen molar-refractivity contribution in [2.45, 2.75) is 26.2 Å². The zero-order chi connectivity index (χ0) is 24.5. The number of aromatic nitrogens is 2. The molecule has 36 heavy (non-hydrogen) atoms. The van der Waals surface area contributed by atoms with Crippen LogP contribution in [0.25, 0.3) is 44.0 Å². The number of hydrogen-bond donors (Lipinski definition) is 2. The summed E-state index contributed by atoms with van der Waals surface area (Å²) in [4.78, 5) is 21.4. The Bertz CT molecular complexity index is 1730. The van der Waals surface area contributed by atoms with E-state index in [1.54, 1.807) is 0 Å². The van der Waals surface area contributed by atoms with Crippen LogP contribution in [0.2, 0.25) is 0 Å². The first-order valence-corrected chi connectivity index (χ1v) is 12.4. The molecule has 4 aromatic carbocycles. The van der Waals surface area contributed by atoms with Crippen LogP contribution >= 0.6 is 0 Å². The molecule has 0 saturated heterocycles. The zero-order valence-corrected chi connectivity index (χ0v) is 20.2. The van der Waals surface area contributed by atoms with E-state index in [2.05, 4.69) is 65.8 Å². The second-order valence-corrected chi connectivity index (χ2v) is 9.35. The molecule has 176 valence electrons. The number of anilines is 1. The normalized spacial score (nSPS) is 11.4. The molecule has 2 aromatic heterocycles. The number of rotatable bonds is 6. The molecule has 2 heterocycles. The molecule has 0 spiro atoms. The third-order valence-corrected chi connectivity index (χ3v) is 6.81. The lowest BCUT2D eigenvalue weighted by molar-refractivity contribution is -0.116. The monoisotopic (exact) mass is 469 g/mol. The maximum Gasteiger partial charge on any atom is 0.224 e. The molecule has 6 rings (SSSR count). The molecule has 1 amide bonds. The van der Waals surface area contributed by atoms with E-state index < -0.39 is 0 Å². The van der Waals surface area contributed by atoms with Gasteiger partial charge in [-0.3, -0.25) is 4.79 Å². The summed E-state index contributed by atoms with van der Waals surface area (Å²) in [6, 6.07) is 33.0. The minimum Gasteiger partial charge on any atom is -0.353 e. The maximum atomic E-state index is 12.9. The van der Waals surface area contributed by atoms with Gasteiger partial charge >= 0.3 is 0 Å². The molecule has 0 saturated carbocycles. The molecular weight excluding hydrogens is 442 g/mol. The number of nitrogens with zero attached hydrogens (tertiary/aromatic N) is 1. The van der Waals surface area contributed by atoms with Crippen molar-refractivity contribution in [1.82, 2.24) is 9.97 Å². The van der Waals surface area contributed by atoms with Crippen molar-refractivity contribution in [3.8, 4) is 11.4 Å². The number of carbonyl (C=O) groups excluding carboxylic acids is 1. The lowest BCUT2D eigenvalue weighted by atomic mass is 10.0. The van der Waals surface area contributed by atoms with Crippen molar-refractivity contribution < 1.29 is 4.79 Å². The van der Waals surface area contributed by atoms with E-state index in [1.807, 2.05) is 48.5 Å². The Kier molecular flexibility index (Phi) is 5.70. The van der Waals surface area contributed by atoms with Gasteiger partial charge in [0.15, 0.2) is 0 Å². The largest absolute Gasteiger partial charge is 0.353 e. The summed E-state index contributed by atoms with van der Waals surface area (Å²) in [5.41, 5.74) is 7.34. The predicted molar refractivity (Wildman–Crippen MR) is 149 cm³/mol. The second kappa shape index (κ2) is 9.31. The second-order valence-electron chi connectivity index (χ2n) is 9.35. The maximum absolute atomic E-state index is 12.9. The number of aromatic amines is 1. The van der Waals surface area contributed by atoms with Gasteiger partial charge < -0.3 is 10.3 Å². The summed E-state index contributed by atoms with van der Waals surface area (Å²) in [5, 5.41) is 7.63. The van der Waals surface area contributed by atoms with Crippen molar-refractivity contribution in [2.24, 2.45) is 0 Å². The number of aryl methyl sites for hydroxylation is 2. The highest BCUT2D eigenvalue weighted by atomic mass is 16.1. The minimum atomic E-state index is 0.0350. The highest BCUT2D eigenvalue weighted by Gasteiger charge is 2.16. The molecule has 0 unspecified atom stereocenters. The summed E-state index contributed by atoms with van der Waals surface area (Å²) in [6.07, 6.45) is 1.99. The number of fused-ring (bicyclic) bond motifs is 3. The van der Waals surface area contributed by atoms with Crippen LogP contribution in [-0.4, -0.2) is 15.9 Å². The topological polar surface area (TPSA) is 57.8 Å². The van der Waals surface area contributed by atoms with Crippen LogP contribution < -0.4 is 5.32 Å². The summed E-state index contributed by atoms with van der Waals surface area (Å²) in [7, 11) is 0. The number of hydrogen-bond acceptors (Lipinski definition) is 2. The van der Waals surface area contributed by atoms with E-state index >= 15 is 0 Å². The van der Waals surface area contributed by atoms with Gasteiger partial charge in [0, 0.05) is 33.8 Å². The number of amides is 1. The molecule has 0 aliphatic heterocycles. The highest BCUT2D eigenvalue weighted by molar-refractivity contribution is 6.02. The zero-order valence-electron chi connectivity index (χ0n) is 20.2. The van der Waals surface area contributed by atoms with Gasteiger partial charge in [-0.2, -0.15) is 0 Å². The smallest absolute Gasteiger partial charge is 0.224 e. The first-order valence-electron chi connectivity index (χ1n) is 12.4. The third-order valence-electron chi connectivity index (χ3n) is 6.81. The summed E-state index contributed by atoms with van der Waals surface area (Å²) >= 11 is 0. The average Bonchev–Trinajstić information content (AvgIpc) is 3.26. The van der Waals surface area contributed by atoms with Crippen molar-refractivity contribution in [2.75, 3.05) is 5.32 Å². The summed E-state index contributed by atoms with van der Waals surface area (Å²) < 4.78 is 0. The van der Waals surface area contributed by atoms with Crippen LogP contribution in [0.5, 0.6) is 0 Å². The number of pyridine rings is 1. The van der Waals surface area contributed by atoms with Gasteiger partial charge in [0.25, 0.3) is 0 Å². The van der Waals surface area contributed by atoms with E-state index in [0.29, 0.717) is 6.42 Å². The Labute approximate surface area is 210 Å². The fourth-order valence-electron chi connectivity index (χ4n) is 5.02. The molecule has 6 aromatic rings. The lowest BCUT2D eigenvalue weighted by Gasteiger charge is -2.09. The van der Waals surface area contributed by atoms with Gasteiger partial charge in [0.05, 0.1) is 16.9 Å². The number of carbonyl (C=O) groups is 1. The number of benzene rings is 4. The predicted octanol–water partition coefficient (Wildman–Crippen LogP) is 7.81. The van der Waals surface area contributed by atoms with Crippen molar-refractivity contribution in [3.05, 3.63) is 108 Å². The van der Waals surface area contributed by atoms with Gasteiger partial charge in [-0.25, -0.2) is 4.98 Å². The van der Waals surface area contributed by atoms with E-state index in [0.717, 1.165) is 57.1 Å². The first-order chi connectivity index (χ1) is 17.7. The molecular formula is C32H27N3O. The fraction of sp³-hybridized carbons (Fsp3) is 0.125. The van der Waals surface area contributed by atoms with Gasteiger partial charge in [0.1, 0.15) is 0 Å². The van der Waals surface area contributed by atoms with Crippen LogP contribution in [0.1, 0.15) is 24.0 Å². The number of nitrogens with one attached hydrogen (secondary N) is 2. The van der Waals surface area contributed by atoms with Crippen LogP contribution in [-0.2, 0) is 11.2 Å². The van der Waals surface area contributed by atoms with Crippen LogP contribution in [0.15, 0.2) is 97.1 Å². The van der Waals surface area contributed by atoms with Crippen LogP contribution in [0, 0.1) is 6.92 Å². The van der Waals surface area contributed by atoms with E-state index in [9.17, 15) is 4.79 Å². The van der Waals surface area contributed by atoms with Crippen LogP contribution in [0.4, 0.5) is 5.69 Å². The lowest BCUT2D eigenvalue weighted by Crippen LogP contribution is -2.11. The highest BCUT2D eigenvalue weighted by Crippen LogP contribution is 2.32. The van der Waals surface area contributed by atoms with Crippen molar-refractivity contribution in [3.63, 3.8) is 0 Å². The van der Waals surface area contributed by atoms with Gasteiger partial charge in [0.2, 0.25) is 5.91 Å². The third kappa shape index (κ3) is 4.22. The summed E-state index contributed by atoms with van der Waals surface area (Å²) in [5.74, 6) is 0.0350. The molecule has 2 N–H and O–H groups in total. The Morgan fingerprint density at radius 3 is 2.56 bits per heavy atom. The molecule has 0 fully saturated rings. The molecule has 4 nitrogen and oxygen atoms in total. The molecule has 0 aliphatic carbocycles. The Morgan fingerprint density at radius 2 is 1.64 bits per heavy atom. The van der Waals surface area contributed by atoms with Gasteiger partial charge in [-0.1, -0.05) is 72.3 Å². The number of H-pyrrole nitrogens is 1. The van der Waals surface area contributed by atoms with Gasteiger partial charge in [-0.15, -0.1) is 0 Å². The van der Waals surface area contributed by atoms with E-state index in [4.69, 9.17) is 4.98 Å². The molecule has 0 aliphatic rings. The van der Waals surface area contributed by atoms with Crippen LogP contribution in [0.3, 0.4) is 0 Å². The number of para-hydroxylation sites is 1. The fourth-order valence-corrected chi connectivity index (χ4v) is 5.02. The first kappa shape index (κ1) is 22.1. The average molecular weight is 470 g/mol. The Hall–Kier alpha value is -4.44. The van der Waals surface area contributed by atoms with E-state index in [-0.39, 0.29) is 5.91 Å².